The first kappa shape index (κ1) is 8.04. The van der Waals surface area contributed by atoms with E-state index in [1.807, 2.05) is 13.8 Å². The third kappa shape index (κ3) is 1.50. The van der Waals surface area contributed by atoms with Gasteiger partial charge in [-0.15, -0.1) is 5.10 Å². The van der Waals surface area contributed by atoms with Crippen LogP contribution in [-0.2, 0) is 0 Å². The zero-order valence-corrected chi connectivity index (χ0v) is 6.84. The highest BCUT2D eigenvalue weighted by Crippen LogP contribution is 2.15. The van der Waals surface area contributed by atoms with Crippen LogP contribution < -0.4 is 4.74 Å². The Morgan fingerprint density at radius 3 is 2.55 bits per heavy atom. The van der Waals surface area contributed by atoms with E-state index in [0.29, 0.717) is 0 Å². The van der Waals surface area contributed by atoms with Crippen LogP contribution in [0.15, 0.2) is 6.20 Å². The molecule has 0 bridgehead atoms. The monoisotopic (exact) mass is 158 g/mol. The number of methoxy groups -OCH3 is 1. The van der Waals surface area contributed by atoms with Crippen molar-refractivity contribution in [1.82, 2.24) is 9.78 Å². The van der Waals surface area contributed by atoms with Crippen LogP contribution in [0.2, 0.25) is 0 Å². The van der Waals surface area contributed by atoms with Crippen LogP contribution in [0.5, 0.6) is 5.88 Å². The molecule has 62 valence electrons. The summed E-state index contributed by atoms with van der Waals surface area (Å²) in [5.74, 6) is -0.361. The summed E-state index contributed by atoms with van der Waals surface area (Å²) >= 11 is 0. The molecule has 1 rings (SSSR count). The van der Waals surface area contributed by atoms with Crippen molar-refractivity contribution in [3.63, 3.8) is 0 Å². The number of nitrogens with zero attached hydrogens (tertiary/aromatic N) is 2. The molecule has 1 aromatic heterocycles. The van der Waals surface area contributed by atoms with Gasteiger partial charge in [0.15, 0.2) is 0 Å². The van der Waals surface area contributed by atoms with Crippen molar-refractivity contribution < 1.29 is 9.13 Å². The van der Waals surface area contributed by atoms with E-state index in [0.717, 1.165) is 0 Å². The summed E-state index contributed by atoms with van der Waals surface area (Å²) in [6, 6.07) is 0.161. The predicted octanol–water partition coefficient (Wildman–Crippen LogP) is 1.61. The van der Waals surface area contributed by atoms with Gasteiger partial charge in [-0.25, -0.2) is 0 Å². The molecular weight excluding hydrogens is 147 g/mol. The molecule has 0 unspecified atom stereocenters. The summed E-state index contributed by atoms with van der Waals surface area (Å²) in [5, 5.41) is 3.85. The first-order valence-electron chi connectivity index (χ1n) is 3.43. The Hall–Kier alpha value is -1.06. The van der Waals surface area contributed by atoms with Gasteiger partial charge in [0.05, 0.1) is 13.3 Å². The minimum atomic E-state index is -0.416. The predicted molar refractivity (Wildman–Crippen MR) is 39.1 cm³/mol. The number of hydrogen-bond acceptors (Lipinski definition) is 2. The first-order valence-corrected chi connectivity index (χ1v) is 3.43. The van der Waals surface area contributed by atoms with Crippen LogP contribution in [0.3, 0.4) is 0 Å². The lowest BCUT2D eigenvalue weighted by atomic mass is 10.4. The standard InChI is InChI=1S/C7H11FN2O/c1-5(2)10-4-6(8)7(9-10)11-3/h4-5H,1-3H3. The Morgan fingerprint density at radius 1 is 1.64 bits per heavy atom. The van der Waals surface area contributed by atoms with Gasteiger partial charge in [-0.1, -0.05) is 0 Å². The summed E-state index contributed by atoms with van der Waals surface area (Å²) in [5.41, 5.74) is 0. The Labute approximate surface area is 64.8 Å². The van der Waals surface area contributed by atoms with Gasteiger partial charge < -0.3 is 4.74 Å². The van der Waals surface area contributed by atoms with Crippen LogP contribution in [-0.4, -0.2) is 16.9 Å². The quantitative estimate of drug-likeness (QED) is 0.653. The molecule has 0 spiro atoms. The summed E-state index contributed by atoms with van der Waals surface area (Å²) in [6.45, 7) is 3.84. The van der Waals surface area contributed by atoms with Crippen molar-refractivity contribution in [3.8, 4) is 5.88 Å². The highest BCUT2D eigenvalue weighted by Gasteiger charge is 2.09. The fourth-order valence-electron chi connectivity index (χ4n) is 0.756. The second kappa shape index (κ2) is 2.90. The van der Waals surface area contributed by atoms with Crippen molar-refractivity contribution in [1.29, 1.82) is 0 Å². The molecule has 4 heteroatoms. The molecule has 0 N–H and O–H groups in total. The lowest BCUT2D eigenvalue weighted by molar-refractivity contribution is 0.365. The van der Waals surface area contributed by atoms with Gasteiger partial charge in [-0.05, 0) is 13.8 Å². The molecule has 0 saturated carbocycles. The largest absolute Gasteiger partial charge is 0.478 e. The molecule has 0 aliphatic heterocycles. The van der Waals surface area contributed by atoms with E-state index in [9.17, 15) is 4.39 Å². The lowest BCUT2D eigenvalue weighted by Crippen LogP contribution is -2.00. The van der Waals surface area contributed by atoms with Gasteiger partial charge in [0, 0.05) is 6.04 Å². The van der Waals surface area contributed by atoms with Crippen molar-refractivity contribution in [3.05, 3.63) is 12.0 Å². The average molecular weight is 158 g/mol. The van der Waals surface area contributed by atoms with E-state index in [4.69, 9.17) is 0 Å². The number of hydrogen-bond donors (Lipinski definition) is 0. The molecule has 1 heterocycles. The van der Waals surface area contributed by atoms with Gasteiger partial charge in [0.2, 0.25) is 5.82 Å². The van der Waals surface area contributed by atoms with Crippen LogP contribution >= 0.6 is 0 Å². The molecule has 0 aromatic carbocycles. The zero-order chi connectivity index (χ0) is 8.43. The van der Waals surface area contributed by atoms with Gasteiger partial charge in [0.1, 0.15) is 0 Å². The molecule has 0 saturated heterocycles. The fraction of sp³-hybridized carbons (Fsp3) is 0.571. The van der Waals surface area contributed by atoms with E-state index in [1.165, 1.54) is 18.0 Å². The Bertz CT molecular complexity index is 245. The smallest absolute Gasteiger partial charge is 0.269 e. The highest BCUT2D eigenvalue weighted by atomic mass is 19.1. The van der Waals surface area contributed by atoms with E-state index in [1.54, 1.807) is 0 Å². The van der Waals surface area contributed by atoms with Gasteiger partial charge in [-0.3, -0.25) is 4.68 Å². The second-order valence-electron chi connectivity index (χ2n) is 2.56. The average Bonchev–Trinajstić information content (AvgIpc) is 2.31. The second-order valence-corrected chi connectivity index (χ2v) is 2.56. The number of rotatable bonds is 2. The number of aromatic nitrogens is 2. The maximum absolute atomic E-state index is 12.8. The van der Waals surface area contributed by atoms with Crippen LogP contribution in [0.4, 0.5) is 4.39 Å². The normalized spacial score (nSPS) is 10.6. The minimum absolute atomic E-state index is 0.0544. The topological polar surface area (TPSA) is 27.1 Å². The molecule has 0 amide bonds. The maximum atomic E-state index is 12.8. The fourth-order valence-corrected chi connectivity index (χ4v) is 0.756. The van der Waals surface area contributed by atoms with Crippen molar-refractivity contribution >= 4 is 0 Å². The molecule has 3 nitrogen and oxygen atoms in total. The molecule has 0 fully saturated rings. The van der Waals surface area contributed by atoms with E-state index in [2.05, 4.69) is 9.84 Å². The summed E-state index contributed by atoms with van der Waals surface area (Å²) < 4.78 is 19.0. The van der Waals surface area contributed by atoms with Crippen molar-refractivity contribution in [2.75, 3.05) is 7.11 Å². The van der Waals surface area contributed by atoms with Gasteiger partial charge in [0.25, 0.3) is 5.88 Å². The van der Waals surface area contributed by atoms with E-state index >= 15 is 0 Å². The summed E-state index contributed by atoms with van der Waals surface area (Å²) in [4.78, 5) is 0. The highest BCUT2D eigenvalue weighted by molar-refractivity contribution is 5.09. The first-order chi connectivity index (χ1) is 5.15. The zero-order valence-electron chi connectivity index (χ0n) is 6.84. The molecule has 1 aromatic rings. The minimum Gasteiger partial charge on any atom is -0.478 e. The number of halogens is 1. The van der Waals surface area contributed by atoms with Crippen LogP contribution in [0.1, 0.15) is 19.9 Å². The maximum Gasteiger partial charge on any atom is 0.269 e. The molecule has 0 aliphatic carbocycles. The van der Waals surface area contributed by atoms with Gasteiger partial charge >= 0.3 is 0 Å². The molecule has 0 atom stereocenters. The molecule has 11 heavy (non-hydrogen) atoms. The lowest BCUT2D eigenvalue weighted by Gasteiger charge is -2.02. The Balaban J connectivity index is 2.95. The van der Waals surface area contributed by atoms with E-state index in [-0.39, 0.29) is 11.9 Å². The SMILES string of the molecule is COc1nn(C(C)C)cc1F. The summed E-state index contributed by atoms with van der Waals surface area (Å²) in [7, 11) is 1.40. The van der Waals surface area contributed by atoms with Crippen molar-refractivity contribution in [2.24, 2.45) is 0 Å². The van der Waals surface area contributed by atoms with Gasteiger partial charge in [-0.2, -0.15) is 4.39 Å². The molecular formula is C7H11FN2O. The van der Waals surface area contributed by atoms with Crippen LogP contribution in [0, 0.1) is 5.82 Å². The third-order valence-electron chi connectivity index (χ3n) is 1.38. The van der Waals surface area contributed by atoms with E-state index < -0.39 is 5.82 Å². The third-order valence-corrected chi connectivity index (χ3v) is 1.38. The molecule has 0 aliphatic rings. The number of ether oxygens (including phenoxy) is 1. The Morgan fingerprint density at radius 2 is 2.27 bits per heavy atom. The van der Waals surface area contributed by atoms with Crippen LogP contribution in [0.25, 0.3) is 0 Å². The Kier molecular flexibility index (Phi) is 2.12. The summed E-state index contributed by atoms with van der Waals surface area (Å²) in [6.07, 6.45) is 1.32. The van der Waals surface area contributed by atoms with Crippen molar-refractivity contribution in [2.45, 2.75) is 19.9 Å². The molecule has 0 radical (unpaired) electrons.